The van der Waals surface area contributed by atoms with Crippen LogP contribution in [0, 0.1) is 47.0 Å². The van der Waals surface area contributed by atoms with Gasteiger partial charge >= 0.3 is 0 Å². The molecule has 28 heavy (non-hydrogen) atoms. The number of benzene rings is 2. The maximum atomic E-state index is 2.49. The van der Waals surface area contributed by atoms with Crippen molar-refractivity contribution in [3.05, 3.63) is 80.8 Å². The van der Waals surface area contributed by atoms with Gasteiger partial charge in [-0.05, 0) is 53.4 Å². The third-order valence-electron chi connectivity index (χ3n) is 6.25. The first kappa shape index (κ1) is 20.7. The fourth-order valence-electron chi connectivity index (χ4n) is 5.04. The molecule has 0 bridgehead atoms. The molecule has 0 atom stereocenters. The summed E-state index contributed by atoms with van der Waals surface area (Å²) in [4.78, 5) is 0. The first-order chi connectivity index (χ1) is 13.0. The summed E-state index contributed by atoms with van der Waals surface area (Å²) in [7, 11) is 0. The molecular weight excluding hydrogens is 335 g/mol. The Kier molecular flexibility index (Phi) is 5.50. The van der Waals surface area contributed by atoms with Gasteiger partial charge in [-0.1, -0.05) is 113 Å². The van der Waals surface area contributed by atoms with Gasteiger partial charge in [-0.2, -0.15) is 0 Å². The zero-order valence-corrected chi connectivity index (χ0v) is 19.2. The summed E-state index contributed by atoms with van der Waals surface area (Å²) < 4.78 is 0. The minimum absolute atomic E-state index is 0.220. The molecule has 0 amide bonds. The Hall–Kier alpha value is -2.02. The molecule has 3 rings (SSSR count). The van der Waals surface area contributed by atoms with Crippen LogP contribution in [0.15, 0.2) is 47.5 Å². The van der Waals surface area contributed by atoms with Crippen LogP contribution in [0.2, 0.25) is 0 Å². The van der Waals surface area contributed by atoms with Crippen LogP contribution >= 0.6 is 0 Å². The second kappa shape index (κ2) is 7.43. The fraction of sp³-hybridized carbons (Fsp3) is 0.407. The highest BCUT2D eigenvalue weighted by Crippen LogP contribution is 2.34. The molecule has 0 aliphatic heterocycles. The van der Waals surface area contributed by atoms with Gasteiger partial charge in [0.25, 0.3) is 0 Å². The van der Waals surface area contributed by atoms with E-state index in [9.17, 15) is 0 Å². The van der Waals surface area contributed by atoms with Crippen LogP contribution in [0.5, 0.6) is 0 Å². The van der Waals surface area contributed by atoms with Crippen molar-refractivity contribution in [3.63, 3.8) is 0 Å². The monoisotopic (exact) mass is 370 g/mol. The van der Waals surface area contributed by atoms with Gasteiger partial charge in [0, 0.05) is 0 Å². The first-order valence-corrected chi connectivity index (χ1v) is 10.6. The van der Waals surface area contributed by atoms with E-state index in [1.54, 1.807) is 0 Å². The number of aryl methyl sites for hydroxylation is 6. The molecule has 0 aromatic heterocycles. The summed E-state index contributed by atoms with van der Waals surface area (Å²) in [5.41, 5.74) is 14.5. The van der Waals surface area contributed by atoms with E-state index in [-0.39, 0.29) is 5.41 Å². The maximum Gasteiger partial charge on any atom is 0.242 e. The second-order valence-corrected chi connectivity index (χ2v) is 9.89. The largest absolute Gasteiger partial charge is 0.242 e. The van der Waals surface area contributed by atoms with Crippen LogP contribution in [0.25, 0.3) is 0 Å². The molecule has 1 aliphatic rings. The topological polar surface area (TPSA) is 0 Å². The van der Waals surface area contributed by atoms with Crippen molar-refractivity contribution < 1.29 is 0 Å². The highest BCUT2D eigenvalue weighted by atomic mass is 14.2. The Morgan fingerprint density at radius 2 is 1.07 bits per heavy atom. The van der Waals surface area contributed by atoms with Crippen LogP contribution in [-0.2, 0) is 0 Å². The van der Waals surface area contributed by atoms with Gasteiger partial charge in [0.1, 0.15) is 0 Å². The molecule has 0 N–H and O–H groups in total. The molecule has 0 saturated carbocycles. The van der Waals surface area contributed by atoms with E-state index in [2.05, 4.69) is 98.7 Å². The molecular formula is C27H35B. The number of allylic oxidation sites excluding steroid dienone is 4. The van der Waals surface area contributed by atoms with Crippen molar-refractivity contribution in [2.24, 2.45) is 5.41 Å². The van der Waals surface area contributed by atoms with Crippen molar-refractivity contribution in [1.82, 2.24) is 0 Å². The lowest BCUT2D eigenvalue weighted by Gasteiger charge is -2.25. The highest BCUT2D eigenvalue weighted by molar-refractivity contribution is 6.92. The minimum atomic E-state index is 0.220. The molecule has 0 fully saturated rings. The third kappa shape index (κ3) is 3.90. The Balaban J connectivity index is 2.28. The van der Waals surface area contributed by atoms with Gasteiger partial charge in [0.15, 0.2) is 0 Å². The molecule has 0 spiro atoms. The van der Waals surface area contributed by atoms with Crippen LogP contribution < -0.4 is 10.9 Å². The highest BCUT2D eigenvalue weighted by Gasteiger charge is 2.32. The molecule has 146 valence electrons. The lowest BCUT2D eigenvalue weighted by atomic mass is 9.33. The Morgan fingerprint density at radius 3 is 1.39 bits per heavy atom. The van der Waals surface area contributed by atoms with Crippen molar-refractivity contribution >= 4 is 17.6 Å². The van der Waals surface area contributed by atoms with Crippen molar-refractivity contribution in [1.29, 1.82) is 0 Å². The van der Waals surface area contributed by atoms with Gasteiger partial charge in [-0.15, -0.1) is 0 Å². The average molecular weight is 370 g/mol. The van der Waals surface area contributed by atoms with Gasteiger partial charge in [0.05, 0.1) is 0 Å². The first-order valence-electron chi connectivity index (χ1n) is 10.6. The van der Waals surface area contributed by atoms with E-state index < -0.39 is 0 Å². The number of hydrogen-bond donors (Lipinski definition) is 0. The van der Waals surface area contributed by atoms with Crippen LogP contribution in [0.3, 0.4) is 0 Å². The summed E-state index contributed by atoms with van der Waals surface area (Å²) in [6.07, 6.45) is 6.04. The summed E-state index contributed by atoms with van der Waals surface area (Å²) in [6, 6.07) is 9.38. The summed E-state index contributed by atoms with van der Waals surface area (Å²) >= 11 is 0. The predicted octanol–water partition coefficient (Wildman–Crippen LogP) is 5.99. The minimum Gasteiger partial charge on any atom is -0.0851 e. The predicted molar refractivity (Wildman–Crippen MR) is 127 cm³/mol. The molecule has 2 aromatic rings. The number of hydrogen-bond acceptors (Lipinski definition) is 0. The van der Waals surface area contributed by atoms with Gasteiger partial charge in [0.2, 0.25) is 6.71 Å². The normalized spacial score (nSPS) is 14.2. The van der Waals surface area contributed by atoms with Crippen LogP contribution in [0.4, 0.5) is 0 Å². The van der Waals surface area contributed by atoms with Crippen molar-refractivity contribution in [2.75, 3.05) is 0 Å². The fourth-order valence-corrected chi connectivity index (χ4v) is 5.04. The lowest BCUT2D eigenvalue weighted by molar-refractivity contribution is 0.496. The molecule has 0 saturated heterocycles. The molecule has 1 heteroatoms. The Morgan fingerprint density at radius 1 is 0.679 bits per heavy atom. The van der Waals surface area contributed by atoms with Crippen LogP contribution in [-0.4, -0.2) is 6.71 Å². The molecule has 0 heterocycles. The summed E-state index contributed by atoms with van der Waals surface area (Å²) in [5, 5.41) is 0. The molecule has 0 unspecified atom stereocenters. The van der Waals surface area contributed by atoms with Crippen molar-refractivity contribution in [3.8, 4) is 0 Å². The molecule has 1 aliphatic carbocycles. The van der Waals surface area contributed by atoms with Crippen molar-refractivity contribution in [2.45, 2.75) is 68.7 Å². The molecule has 0 radical (unpaired) electrons. The van der Waals surface area contributed by atoms with Gasteiger partial charge in [-0.25, -0.2) is 0 Å². The van der Waals surface area contributed by atoms with E-state index in [0.717, 1.165) is 6.42 Å². The second-order valence-electron chi connectivity index (χ2n) is 9.89. The number of rotatable bonds is 3. The SMILES string of the molecule is Cc1cc(C)c(B(C2=CCC(C(C)(C)C)=C2)c2c(C)cc(C)cc2C)c(C)c1. The van der Waals surface area contributed by atoms with E-state index in [1.165, 1.54) is 55.4 Å². The van der Waals surface area contributed by atoms with Gasteiger partial charge < -0.3 is 0 Å². The third-order valence-corrected chi connectivity index (χ3v) is 6.25. The van der Waals surface area contributed by atoms with Crippen LogP contribution in [0.1, 0.15) is 60.6 Å². The van der Waals surface area contributed by atoms with E-state index in [0.29, 0.717) is 6.71 Å². The Bertz CT molecular complexity index is 876. The Labute approximate surface area is 172 Å². The molecule has 0 nitrogen and oxygen atoms in total. The standard InChI is InChI=1S/C27H35B/c1-17-12-19(3)25(20(4)13-17)28(24-11-10-23(16-24)27(7,8)9)26-21(5)14-18(2)15-22(26)6/h11-16H,10H2,1-9H3. The lowest BCUT2D eigenvalue weighted by Crippen LogP contribution is -2.48. The quantitative estimate of drug-likeness (QED) is 0.583. The smallest absolute Gasteiger partial charge is 0.0851 e. The zero-order valence-electron chi connectivity index (χ0n) is 19.2. The van der Waals surface area contributed by atoms with Gasteiger partial charge in [-0.3, -0.25) is 0 Å². The summed E-state index contributed by atoms with van der Waals surface area (Å²) in [5.74, 6) is 0. The summed E-state index contributed by atoms with van der Waals surface area (Å²) in [6.45, 7) is 20.8. The molecule has 2 aromatic carbocycles. The van der Waals surface area contributed by atoms with E-state index in [1.807, 2.05) is 0 Å². The average Bonchev–Trinajstić information content (AvgIpc) is 3.01. The van der Waals surface area contributed by atoms with E-state index in [4.69, 9.17) is 0 Å². The van der Waals surface area contributed by atoms with E-state index >= 15 is 0 Å². The maximum absolute atomic E-state index is 2.49. The zero-order chi connectivity index (χ0) is 20.8.